The first-order valence-corrected chi connectivity index (χ1v) is 17.3. The second-order valence-electron chi connectivity index (χ2n) is 13.2. The molecular weight excluding hydrogens is 581 g/mol. The molecule has 0 fully saturated rings. The number of hydrogen-bond donors (Lipinski definition) is 0. The van der Waals surface area contributed by atoms with E-state index in [0.717, 1.165) is 0 Å². The van der Waals surface area contributed by atoms with Crippen molar-refractivity contribution in [1.82, 2.24) is 0 Å². The smallest absolute Gasteiger partial charge is 0.0437 e. The van der Waals surface area contributed by atoms with Gasteiger partial charge in [-0.1, -0.05) is 111 Å². The fourth-order valence-corrected chi connectivity index (χ4v) is 11.0. The van der Waals surface area contributed by atoms with E-state index in [1.807, 2.05) is 22.7 Å². The maximum absolute atomic E-state index is 2.54. The predicted octanol–water partition coefficient (Wildman–Crippen LogP) is 13.3. The van der Waals surface area contributed by atoms with Gasteiger partial charge in [0.05, 0.1) is 0 Å². The predicted molar refractivity (Wildman–Crippen MR) is 199 cm³/mol. The Hall–Kier alpha value is -4.76. The van der Waals surface area contributed by atoms with Gasteiger partial charge in [-0.2, -0.15) is 0 Å². The van der Waals surface area contributed by atoms with Crippen LogP contribution in [0.25, 0.3) is 94.9 Å². The van der Waals surface area contributed by atoms with Gasteiger partial charge in [-0.05, 0) is 84.4 Å². The summed E-state index contributed by atoms with van der Waals surface area (Å²) >= 11 is 3.89. The van der Waals surface area contributed by atoms with Gasteiger partial charge in [-0.3, -0.25) is 0 Å². The molecule has 2 aromatic heterocycles. The lowest BCUT2D eigenvalue weighted by molar-refractivity contribution is 0.663. The number of benzene rings is 8. The molecule has 1 aliphatic rings. The van der Waals surface area contributed by atoms with Crippen LogP contribution in [0.4, 0.5) is 0 Å². The highest BCUT2D eigenvalue weighted by molar-refractivity contribution is 7.27. The van der Waals surface area contributed by atoms with Crippen molar-refractivity contribution in [3.63, 3.8) is 0 Å². The average Bonchev–Trinajstić information content (AvgIpc) is 3.71. The van der Waals surface area contributed by atoms with E-state index in [0.29, 0.717) is 0 Å². The molecule has 2 heterocycles. The summed E-state index contributed by atoms with van der Waals surface area (Å²) < 4.78 is 5.52. The zero-order valence-corrected chi connectivity index (χ0v) is 26.5. The molecule has 0 saturated carbocycles. The van der Waals surface area contributed by atoms with Crippen LogP contribution in [0.1, 0.15) is 25.0 Å². The molecule has 8 aromatic carbocycles. The molecule has 0 radical (unpaired) electrons. The molecule has 210 valence electrons. The van der Waals surface area contributed by atoms with Crippen LogP contribution in [0.5, 0.6) is 0 Å². The van der Waals surface area contributed by atoms with Crippen LogP contribution in [0.15, 0.2) is 121 Å². The Morgan fingerprint density at radius 3 is 1.96 bits per heavy atom. The maximum atomic E-state index is 2.54. The van der Waals surface area contributed by atoms with Crippen molar-refractivity contribution < 1.29 is 0 Å². The lowest BCUT2D eigenvalue weighted by Crippen LogP contribution is -2.16. The lowest BCUT2D eigenvalue weighted by atomic mass is 9.77. The fraction of sp³-hybridized carbons (Fsp3) is 0.0698. The minimum Gasteiger partial charge on any atom is -0.135 e. The number of hydrogen-bond acceptors (Lipinski definition) is 2. The van der Waals surface area contributed by atoms with Crippen molar-refractivity contribution >= 4 is 95.3 Å². The van der Waals surface area contributed by atoms with Crippen molar-refractivity contribution in [3.8, 4) is 22.3 Å². The molecule has 0 nitrogen and oxygen atoms in total. The van der Waals surface area contributed by atoms with Crippen molar-refractivity contribution in [3.05, 3.63) is 132 Å². The van der Waals surface area contributed by atoms with Crippen LogP contribution in [-0.4, -0.2) is 0 Å². The lowest BCUT2D eigenvalue weighted by Gasteiger charge is -2.26. The summed E-state index contributed by atoms with van der Waals surface area (Å²) in [5.41, 5.74) is 8.34. The normalized spacial score (nSPS) is 14.2. The van der Waals surface area contributed by atoms with Crippen LogP contribution in [0.3, 0.4) is 0 Å². The molecule has 0 amide bonds. The van der Waals surface area contributed by atoms with Gasteiger partial charge in [0.2, 0.25) is 0 Å². The van der Waals surface area contributed by atoms with Gasteiger partial charge in [-0.25, -0.2) is 0 Å². The van der Waals surface area contributed by atoms with Gasteiger partial charge in [0.25, 0.3) is 0 Å². The molecule has 2 heteroatoms. The summed E-state index contributed by atoms with van der Waals surface area (Å²) in [5.74, 6) is 0. The molecule has 0 atom stereocenters. The van der Waals surface area contributed by atoms with E-state index in [4.69, 9.17) is 0 Å². The number of rotatable bonds is 1. The SMILES string of the molecule is CC1(C)c2ccc3sc4ccccc4c3c2-c2c1c(-c1ccc3ccc4cccc5ccc1c3c45)cc1c2sc2ccccc21. The maximum Gasteiger partial charge on any atom is 0.0437 e. The summed E-state index contributed by atoms with van der Waals surface area (Å²) in [4.78, 5) is 0. The zero-order chi connectivity index (χ0) is 29.6. The van der Waals surface area contributed by atoms with Crippen molar-refractivity contribution in [2.75, 3.05) is 0 Å². The second-order valence-corrected chi connectivity index (χ2v) is 15.3. The van der Waals surface area contributed by atoms with Gasteiger partial charge in [0, 0.05) is 51.3 Å². The zero-order valence-electron chi connectivity index (χ0n) is 24.9. The van der Waals surface area contributed by atoms with Crippen LogP contribution in [0, 0.1) is 0 Å². The quantitative estimate of drug-likeness (QED) is 0.163. The minimum absolute atomic E-state index is 0.161. The fourth-order valence-electron chi connectivity index (χ4n) is 8.66. The third kappa shape index (κ3) is 2.98. The van der Waals surface area contributed by atoms with E-state index in [-0.39, 0.29) is 5.41 Å². The first-order valence-electron chi connectivity index (χ1n) is 15.7. The van der Waals surface area contributed by atoms with Crippen LogP contribution >= 0.6 is 22.7 Å². The van der Waals surface area contributed by atoms with E-state index in [9.17, 15) is 0 Å². The molecule has 0 unspecified atom stereocenters. The topological polar surface area (TPSA) is 0 Å². The standard InChI is InChI=1S/C43H26S2/c1-43(2)32-20-21-35-38(29-11-4-6-13-34(29)44-35)39(32)40-41(43)30(22-31-27-10-3-5-12-33(27)45-42(31)40)26-18-16-25-15-14-23-8-7-9-24-17-19-28(26)37(25)36(23)24/h3-22H,1-2H3. The summed E-state index contributed by atoms with van der Waals surface area (Å²) in [7, 11) is 0. The highest BCUT2D eigenvalue weighted by Crippen LogP contribution is 2.60. The third-order valence-electron chi connectivity index (χ3n) is 10.6. The highest BCUT2D eigenvalue weighted by Gasteiger charge is 2.41. The molecular formula is C43H26S2. The molecule has 1 aliphatic carbocycles. The van der Waals surface area contributed by atoms with Gasteiger partial charge >= 0.3 is 0 Å². The Morgan fingerprint density at radius 2 is 1.13 bits per heavy atom. The van der Waals surface area contributed by atoms with E-state index in [1.54, 1.807) is 0 Å². The summed E-state index contributed by atoms with van der Waals surface area (Å²) in [6.07, 6.45) is 0. The van der Waals surface area contributed by atoms with Gasteiger partial charge in [-0.15, -0.1) is 22.7 Å². The van der Waals surface area contributed by atoms with Gasteiger partial charge in [0.1, 0.15) is 0 Å². The van der Waals surface area contributed by atoms with Crippen molar-refractivity contribution in [2.24, 2.45) is 0 Å². The van der Waals surface area contributed by atoms with Crippen LogP contribution < -0.4 is 0 Å². The van der Waals surface area contributed by atoms with Crippen molar-refractivity contribution in [2.45, 2.75) is 19.3 Å². The first kappa shape index (κ1) is 24.5. The van der Waals surface area contributed by atoms with Gasteiger partial charge in [0.15, 0.2) is 0 Å². The third-order valence-corrected chi connectivity index (χ3v) is 12.9. The minimum atomic E-state index is -0.161. The summed E-state index contributed by atoms with van der Waals surface area (Å²) in [5, 5.41) is 13.6. The monoisotopic (exact) mass is 606 g/mol. The highest BCUT2D eigenvalue weighted by atomic mass is 32.1. The van der Waals surface area contributed by atoms with Crippen LogP contribution in [0.2, 0.25) is 0 Å². The van der Waals surface area contributed by atoms with E-state index in [1.165, 1.54) is 106 Å². The van der Waals surface area contributed by atoms with E-state index < -0.39 is 0 Å². The molecule has 45 heavy (non-hydrogen) atoms. The largest absolute Gasteiger partial charge is 0.135 e. The summed E-state index contributed by atoms with van der Waals surface area (Å²) in [6, 6.07) is 46.0. The molecule has 0 spiro atoms. The second kappa shape index (κ2) is 8.28. The van der Waals surface area contributed by atoms with Gasteiger partial charge < -0.3 is 0 Å². The van der Waals surface area contributed by atoms with E-state index in [2.05, 4.69) is 135 Å². The molecule has 0 saturated heterocycles. The molecule has 11 rings (SSSR count). The molecule has 0 aliphatic heterocycles. The Kier molecular flexibility index (Phi) is 4.52. The van der Waals surface area contributed by atoms with Crippen molar-refractivity contribution in [1.29, 1.82) is 0 Å². The molecule has 0 bridgehead atoms. The van der Waals surface area contributed by atoms with Crippen LogP contribution in [-0.2, 0) is 5.41 Å². The summed E-state index contributed by atoms with van der Waals surface area (Å²) in [6.45, 7) is 4.91. The Balaban J connectivity index is 1.37. The molecule has 10 aromatic rings. The Labute approximate surface area is 268 Å². The number of thiophene rings is 2. The Bertz CT molecular complexity index is 2880. The average molecular weight is 607 g/mol. The number of fused-ring (bicyclic) bond motifs is 11. The Morgan fingerprint density at radius 1 is 0.444 bits per heavy atom. The van der Waals surface area contributed by atoms with E-state index >= 15 is 0 Å². The molecule has 0 N–H and O–H groups in total. The first-order chi connectivity index (χ1) is 22.1.